The van der Waals surface area contributed by atoms with Crippen molar-refractivity contribution >= 4 is 45.3 Å². The number of hydrogen-bond donors (Lipinski definition) is 2. The highest BCUT2D eigenvalue weighted by Gasteiger charge is 2.60. The lowest BCUT2D eigenvalue weighted by Crippen LogP contribution is -2.41. The van der Waals surface area contributed by atoms with E-state index in [2.05, 4.69) is 60.8 Å². The number of aryl methyl sites for hydroxylation is 1. The third-order valence-corrected chi connectivity index (χ3v) is 19.4. The Bertz CT molecular complexity index is 2340. The van der Waals surface area contributed by atoms with Crippen LogP contribution < -0.4 is 15.5 Å². The molecule has 0 bridgehead atoms. The number of hydrogen-bond acceptors (Lipinski definition) is 8. The molecule has 2 N–H and O–H groups in total. The van der Waals surface area contributed by atoms with E-state index in [4.69, 9.17) is 4.74 Å². The third kappa shape index (κ3) is 12.4. The molecule has 0 radical (unpaired) electrons. The molecule has 6 rings (SSSR count). The van der Waals surface area contributed by atoms with Crippen molar-refractivity contribution in [2.24, 2.45) is 42.1 Å². The van der Waals surface area contributed by atoms with E-state index in [1.54, 1.807) is 9.58 Å². The summed E-state index contributed by atoms with van der Waals surface area (Å²) in [6.07, 6.45) is 16.5. The minimum atomic E-state index is -0.765. The Labute approximate surface area is 420 Å². The Balaban J connectivity index is 0.906. The van der Waals surface area contributed by atoms with Gasteiger partial charge in [0.1, 0.15) is 5.69 Å². The summed E-state index contributed by atoms with van der Waals surface area (Å²) < 4.78 is 8.02. The second kappa shape index (κ2) is 23.6. The van der Waals surface area contributed by atoms with Gasteiger partial charge in [-0.05, 0) is 105 Å². The van der Waals surface area contributed by atoms with Crippen LogP contribution in [0, 0.1) is 35.0 Å². The van der Waals surface area contributed by atoms with Gasteiger partial charge in [-0.3, -0.25) is 28.9 Å². The zero-order valence-electron chi connectivity index (χ0n) is 44.0. The quantitative estimate of drug-likeness (QED) is 0.0629. The summed E-state index contributed by atoms with van der Waals surface area (Å²) in [7, 11) is 1.13. The van der Waals surface area contributed by atoms with Crippen LogP contribution in [0.2, 0.25) is 0 Å². The molecular formula is C56H83N7O6S. The third-order valence-electron chi connectivity index (χ3n) is 15.8. The molecule has 1 saturated carbocycles. The zero-order chi connectivity index (χ0) is 51.0. The Morgan fingerprint density at radius 3 is 2.31 bits per heavy atom. The van der Waals surface area contributed by atoms with Crippen molar-refractivity contribution in [1.82, 2.24) is 30.5 Å². The van der Waals surface area contributed by atoms with Crippen molar-refractivity contribution in [2.45, 2.75) is 136 Å². The van der Waals surface area contributed by atoms with E-state index in [0.717, 1.165) is 46.2 Å². The van der Waals surface area contributed by atoms with Crippen molar-refractivity contribution < 1.29 is 28.7 Å². The van der Waals surface area contributed by atoms with E-state index >= 15 is 0 Å². The molecule has 14 heteroatoms. The van der Waals surface area contributed by atoms with Crippen molar-refractivity contribution in [3.63, 3.8) is 0 Å². The van der Waals surface area contributed by atoms with Crippen molar-refractivity contribution in [1.29, 1.82) is 0 Å². The number of nitrogens with one attached hydrogen (secondary N) is 2. The number of para-hydroxylation sites is 1. The maximum atomic E-state index is 13.9. The lowest BCUT2D eigenvalue weighted by Gasteiger charge is -2.41. The number of allylic oxidation sites excluding steroid dienone is 1. The summed E-state index contributed by atoms with van der Waals surface area (Å²) in [5.74, 6) is -0.0144. The average molecular weight is 982 g/mol. The fraction of sp³-hybridized carbons (Fsp3) is 0.625. The monoisotopic (exact) mass is 982 g/mol. The molecule has 1 saturated heterocycles. The molecule has 384 valence electrons. The van der Waals surface area contributed by atoms with Crippen LogP contribution in [0.25, 0.3) is 22.5 Å². The lowest BCUT2D eigenvalue weighted by atomic mass is 9.84. The molecule has 3 aliphatic rings. The number of amides is 5. The number of aromatic nitrogens is 3. The first-order valence-corrected chi connectivity index (χ1v) is 28.7. The molecule has 2 aliphatic heterocycles. The van der Waals surface area contributed by atoms with Gasteiger partial charge in [-0.2, -0.15) is 0 Å². The largest absolute Gasteiger partial charge is 0.375 e. The van der Waals surface area contributed by atoms with Gasteiger partial charge in [-0.25, -0.2) is 14.7 Å². The number of fused-ring (bicyclic) bond motifs is 6. The number of carbonyl (C=O) groups excluding carboxylic acids is 5. The molecule has 1 aliphatic carbocycles. The van der Waals surface area contributed by atoms with Crippen LogP contribution >= 0.6 is 10.0 Å². The number of ether oxygens (including phenoxy) is 1. The smallest absolute Gasteiger partial charge is 0.233 e. The minimum Gasteiger partial charge on any atom is -0.375 e. The van der Waals surface area contributed by atoms with Crippen molar-refractivity contribution in [3.8, 4) is 22.5 Å². The van der Waals surface area contributed by atoms with Gasteiger partial charge >= 0.3 is 0 Å². The molecule has 0 spiro atoms. The first-order chi connectivity index (χ1) is 33.3. The maximum Gasteiger partial charge on any atom is 0.233 e. The highest BCUT2D eigenvalue weighted by molar-refractivity contribution is 8.33. The molecule has 2 aromatic carbocycles. The molecule has 1 aromatic heterocycles. The van der Waals surface area contributed by atoms with Crippen LogP contribution in [0.5, 0.6) is 0 Å². The standard InChI is InChI=1S/C56H83N7O6S/c1-12-15-23-40(21-13-2)70(10,11)36-20-26-42-38(4)48-49(41(42)14-3)53(67)62(52(48)66)34-29-46(64)57-33-30-56(7,8)69-35-31-55(5,6)54(68)58-32-28-47(65)63-37-39-22-16-17-24-43(39)51-50(59-60-61(51)9)44-25-18-19-27-45(44)63/h14,16-19,22,24-25,27,38,40-42,48-49H,3,12-13,15,20-21,23,26,28-37H2,1-2,4-11H3,(H,57,64)(H,58,68). The molecule has 3 aromatic rings. The van der Waals surface area contributed by atoms with E-state index in [0.29, 0.717) is 38.2 Å². The number of unbranched alkanes of at least 4 members (excludes halogenated alkanes) is 1. The van der Waals surface area contributed by atoms with Gasteiger partial charge in [0, 0.05) is 62.7 Å². The number of rotatable bonds is 25. The summed E-state index contributed by atoms with van der Waals surface area (Å²) in [6.45, 7) is 19.8. The fourth-order valence-corrected chi connectivity index (χ4v) is 14.3. The summed E-state index contributed by atoms with van der Waals surface area (Å²) in [6, 6.07) is 15.7. The number of benzene rings is 2. The highest BCUT2D eigenvalue weighted by Crippen LogP contribution is 2.55. The van der Waals surface area contributed by atoms with Gasteiger partial charge in [0.2, 0.25) is 29.5 Å². The van der Waals surface area contributed by atoms with Gasteiger partial charge < -0.3 is 20.3 Å². The first kappa shape index (κ1) is 54.5. The molecule has 3 heterocycles. The second-order valence-electron chi connectivity index (χ2n) is 21.9. The van der Waals surface area contributed by atoms with Crippen LogP contribution in [-0.4, -0.2) is 105 Å². The van der Waals surface area contributed by atoms with Crippen LogP contribution in [-0.2, 0) is 42.3 Å². The molecule has 6 atom stereocenters. The van der Waals surface area contributed by atoms with Gasteiger partial charge in [0.05, 0.1) is 35.4 Å². The number of nitrogens with zero attached hydrogens (tertiary/aromatic N) is 5. The van der Waals surface area contributed by atoms with Crippen LogP contribution in [0.1, 0.15) is 125 Å². The molecular weight excluding hydrogens is 899 g/mol. The normalized spacial score (nSPS) is 20.7. The Morgan fingerprint density at radius 1 is 0.900 bits per heavy atom. The van der Waals surface area contributed by atoms with E-state index in [1.807, 2.05) is 89.3 Å². The predicted octanol–water partition coefficient (Wildman–Crippen LogP) is 9.48. The van der Waals surface area contributed by atoms with Crippen LogP contribution in [0.3, 0.4) is 0 Å². The predicted molar refractivity (Wildman–Crippen MR) is 283 cm³/mol. The number of imide groups is 1. The Kier molecular flexibility index (Phi) is 18.4. The topological polar surface area (TPSA) is 156 Å². The van der Waals surface area contributed by atoms with Crippen LogP contribution in [0.15, 0.2) is 61.2 Å². The Hall–Kier alpha value is -4.82. The summed E-state index contributed by atoms with van der Waals surface area (Å²) in [5, 5.41) is 15.6. The molecule has 2 fully saturated rings. The SMILES string of the molecule is C=CC1C(CCCS(C)(C)C(CCC)CCCC)C(C)C2C(=O)N(CCC(=O)NCCC(C)(C)OCCC(C)(C)C(=O)NCCC(=O)N3Cc4ccccc4-c4c(nnn4C)-c4ccccc43)C(=O)C12. The average Bonchev–Trinajstić information content (AvgIpc) is 3.92. The van der Waals surface area contributed by atoms with Gasteiger partial charge in [0.15, 0.2) is 0 Å². The summed E-state index contributed by atoms with van der Waals surface area (Å²) >= 11 is 0. The van der Waals surface area contributed by atoms with E-state index < -0.39 is 27.0 Å². The number of likely N-dealkylation sites (tertiary alicyclic amines) is 1. The molecule has 70 heavy (non-hydrogen) atoms. The minimum absolute atomic E-state index is 0.0349. The lowest BCUT2D eigenvalue weighted by molar-refractivity contribution is -0.141. The second-order valence-corrected chi connectivity index (χ2v) is 26.2. The van der Waals surface area contributed by atoms with E-state index in [9.17, 15) is 24.0 Å². The van der Waals surface area contributed by atoms with Crippen LogP contribution in [0.4, 0.5) is 5.69 Å². The first-order valence-electron chi connectivity index (χ1n) is 26.0. The zero-order valence-corrected chi connectivity index (χ0v) is 44.8. The highest BCUT2D eigenvalue weighted by atomic mass is 32.3. The molecule has 13 nitrogen and oxygen atoms in total. The maximum absolute atomic E-state index is 13.9. The number of anilines is 1. The number of carbonyl (C=O) groups is 5. The van der Waals surface area contributed by atoms with Gasteiger partial charge in [-0.15, -0.1) is 11.7 Å². The molecule has 6 unspecified atom stereocenters. The van der Waals surface area contributed by atoms with E-state index in [1.165, 1.54) is 42.8 Å². The van der Waals surface area contributed by atoms with Gasteiger partial charge in [0.25, 0.3) is 0 Å². The van der Waals surface area contributed by atoms with Gasteiger partial charge in [-0.1, -0.05) is 108 Å². The summed E-state index contributed by atoms with van der Waals surface area (Å²) in [4.78, 5) is 71.3. The van der Waals surface area contributed by atoms with Crippen molar-refractivity contribution in [2.75, 3.05) is 49.4 Å². The van der Waals surface area contributed by atoms with E-state index in [-0.39, 0.29) is 79.1 Å². The Morgan fingerprint density at radius 2 is 1.60 bits per heavy atom. The van der Waals surface area contributed by atoms with Crippen molar-refractivity contribution in [3.05, 3.63) is 66.7 Å². The summed E-state index contributed by atoms with van der Waals surface area (Å²) in [5.41, 5.74) is 3.77. The molecule has 5 amide bonds. The fourth-order valence-electron chi connectivity index (χ4n) is 11.4.